The fourth-order valence-electron chi connectivity index (χ4n) is 3.17. The normalized spacial score (nSPS) is 12.9. The maximum Gasteiger partial charge on any atom is 0.225 e. The van der Waals surface area contributed by atoms with Crippen molar-refractivity contribution >= 4 is 5.91 Å². The van der Waals surface area contributed by atoms with E-state index in [0.717, 1.165) is 37.2 Å². The van der Waals surface area contributed by atoms with Gasteiger partial charge in [-0.25, -0.2) is 9.67 Å². The van der Waals surface area contributed by atoms with Crippen molar-refractivity contribution in [1.29, 1.82) is 0 Å². The Balaban J connectivity index is 1.93. The molecule has 1 amide bonds. The number of carbonyl (C=O) groups excluding carboxylic acids is 1. The first-order chi connectivity index (χ1) is 11.5. The van der Waals surface area contributed by atoms with Crippen molar-refractivity contribution in [3.05, 3.63) is 52.6 Å². The molecule has 0 radical (unpaired) electrons. The molecule has 2 N–H and O–H groups in total. The zero-order valence-corrected chi connectivity index (χ0v) is 14.4. The lowest BCUT2D eigenvalue weighted by atomic mass is 10.1. The molecule has 0 fully saturated rings. The summed E-state index contributed by atoms with van der Waals surface area (Å²) in [5, 5.41) is 4.53. The van der Waals surface area contributed by atoms with Crippen LogP contribution in [0.4, 0.5) is 0 Å². The van der Waals surface area contributed by atoms with Gasteiger partial charge in [-0.1, -0.05) is 17.7 Å². The number of benzene rings is 1. The Morgan fingerprint density at radius 2 is 2.08 bits per heavy atom. The van der Waals surface area contributed by atoms with E-state index in [-0.39, 0.29) is 6.42 Å². The Morgan fingerprint density at radius 1 is 1.29 bits per heavy atom. The number of fused-ring (bicyclic) bond motifs is 1. The highest BCUT2D eigenvalue weighted by Crippen LogP contribution is 2.25. The van der Waals surface area contributed by atoms with Crippen LogP contribution in [0.15, 0.2) is 29.8 Å². The van der Waals surface area contributed by atoms with Gasteiger partial charge in [0.05, 0.1) is 12.1 Å². The summed E-state index contributed by atoms with van der Waals surface area (Å²) in [6.45, 7) is 4.17. The number of aryl methyl sites for hydroxylation is 3. The summed E-state index contributed by atoms with van der Waals surface area (Å²) >= 11 is 0. The fraction of sp³-hybridized carbons (Fsp3) is 0.421. The van der Waals surface area contributed by atoms with Crippen LogP contribution in [-0.2, 0) is 30.5 Å². The summed E-state index contributed by atoms with van der Waals surface area (Å²) in [4.78, 5) is 15.7. The minimum absolute atomic E-state index is 0.0770. The van der Waals surface area contributed by atoms with Crippen molar-refractivity contribution in [1.82, 2.24) is 14.8 Å². The molecule has 126 valence electrons. The van der Waals surface area contributed by atoms with Crippen molar-refractivity contribution in [2.45, 2.75) is 52.4 Å². The van der Waals surface area contributed by atoms with Crippen LogP contribution in [0, 0.1) is 0 Å². The Kier molecular flexibility index (Phi) is 4.79. The minimum atomic E-state index is -0.406. The first-order valence-corrected chi connectivity index (χ1v) is 8.51. The van der Waals surface area contributed by atoms with Gasteiger partial charge in [0, 0.05) is 6.42 Å². The van der Waals surface area contributed by atoms with E-state index in [2.05, 4.69) is 48.2 Å². The molecule has 1 heterocycles. The molecular weight excluding hydrogens is 300 g/mol. The van der Waals surface area contributed by atoms with Crippen LogP contribution in [0.25, 0.3) is 5.69 Å². The molecule has 2 aromatic rings. The topological polar surface area (TPSA) is 73.8 Å². The molecule has 1 aromatic heterocycles. The zero-order chi connectivity index (χ0) is 17.1. The summed E-state index contributed by atoms with van der Waals surface area (Å²) in [7, 11) is 0. The van der Waals surface area contributed by atoms with Crippen molar-refractivity contribution in [2.75, 3.05) is 0 Å². The average molecular weight is 324 g/mol. The van der Waals surface area contributed by atoms with Crippen LogP contribution in [0.3, 0.4) is 0 Å². The lowest BCUT2D eigenvalue weighted by Gasteiger charge is -2.07. The molecule has 5 heteroatoms. The largest absolute Gasteiger partial charge is 0.369 e. The van der Waals surface area contributed by atoms with E-state index in [0.29, 0.717) is 5.82 Å². The average Bonchev–Trinajstić information content (AvgIpc) is 3.12. The number of rotatable bonds is 6. The maximum atomic E-state index is 11.2. The summed E-state index contributed by atoms with van der Waals surface area (Å²) in [5.41, 5.74) is 10.4. The molecule has 0 saturated carbocycles. The van der Waals surface area contributed by atoms with Crippen molar-refractivity contribution in [3.8, 4) is 5.69 Å². The summed E-state index contributed by atoms with van der Waals surface area (Å²) in [6, 6.07) is 6.49. The van der Waals surface area contributed by atoms with Gasteiger partial charge >= 0.3 is 0 Å². The molecular formula is C19H24N4O. The van der Waals surface area contributed by atoms with E-state index in [4.69, 9.17) is 5.73 Å². The molecule has 0 atom stereocenters. The van der Waals surface area contributed by atoms with Gasteiger partial charge in [0.25, 0.3) is 0 Å². The smallest absolute Gasteiger partial charge is 0.225 e. The van der Waals surface area contributed by atoms with Gasteiger partial charge in [0.1, 0.15) is 5.82 Å². The second-order valence-electron chi connectivity index (χ2n) is 6.63. The first kappa shape index (κ1) is 16.4. The van der Waals surface area contributed by atoms with E-state index in [1.165, 1.54) is 23.1 Å². The number of nitrogens with two attached hydrogens (primary N) is 1. The molecule has 3 rings (SSSR count). The van der Waals surface area contributed by atoms with Crippen LogP contribution in [0.2, 0.25) is 0 Å². The van der Waals surface area contributed by atoms with Crippen LogP contribution in [0.5, 0.6) is 0 Å². The van der Waals surface area contributed by atoms with Gasteiger partial charge < -0.3 is 5.73 Å². The SMILES string of the molecule is CC(C)=CCCc1nc(CC(N)=O)nn1-c1ccc2c(c1)CCC2. The molecule has 0 saturated heterocycles. The predicted molar refractivity (Wildman–Crippen MR) is 94.0 cm³/mol. The number of allylic oxidation sites excluding steroid dienone is 2. The third kappa shape index (κ3) is 3.72. The number of carbonyl (C=O) groups is 1. The van der Waals surface area contributed by atoms with Gasteiger partial charge in [0.15, 0.2) is 5.82 Å². The third-order valence-corrected chi connectivity index (χ3v) is 4.30. The highest BCUT2D eigenvalue weighted by atomic mass is 16.1. The van der Waals surface area contributed by atoms with Crippen LogP contribution in [0.1, 0.15) is 49.5 Å². The first-order valence-electron chi connectivity index (χ1n) is 8.51. The molecule has 1 aliphatic rings. The Bertz CT molecular complexity index is 785. The van der Waals surface area contributed by atoms with Gasteiger partial charge in [-0.2, -0.15) is 5.10 Å². The molecule has 5 nitrogen and oxygen atoms in total. The van der Waals surface area contributed by atoms with Crippen LogP contribution >= 0.6 is 0 Å². The third-order valence-electron chi connectivity index (χ3n) is 4.30. The molecule has 0 aliphatic heterocycles. The van der Waals surface area contributed by atoms with Gasteiger partial charge in [0.2, 0.25) is 5.91 Å². The van der Waals surface area contributed by atoms with Gasteiger partial charge in [-0.05, 0) is 62.8 Å². The van der Waals surface area contributed by atoms with E-state index >= 15 is 0 Å². The van der Waals surface area contributed by atoms with E-state index in [9.17, 15) is 4.79 Å². The fourth-order valence-corrected chi connectivity index (χ4v) is 3.17. The minimum Gasteiger partial charge on any atom is -0.369 e. The number of amides is 1. The van der Waals surface area contributed by atoms with Crippen molar-refractivity contribution in [3.63, 3.8) is 0 Å². The molecule has 1 aliphatic carbocycles. The van der Waals surface area contributed by atoms with Crippen molar-refractivity contribution < 1.29 is 4.79 Å². The summed E-state index contributed by atoms with van der Waals surface area (Å²) < 4.78 is 1.87. The molecule has 0 spiro atoms. The van der Waals surface area contributed by atoms with Crippen LogP contribution < -0.4 is 5.73 Å². The maximum absolute atomic E-state index is 11.2. The predicted octanol–water partition coefficient (Wildman–Crippen LogP) is 2.68. The lowest BCUT2D eigenvalue weighted by molar-refractivity contribution is -0.117. The van der Waals surface area contributed by atoms with Gasteiger partial charge in [-0.3, -0.25) is 4.79 Å². The molecule has 24 heavy (non-hydrogen) atoms. The number of nitrogens with zero attached hydrogens (tertiary/aromatic N) is 3. The Hall–Kier alpha value is -2.43. The highest BCUT2D eigenvalue weighted by molar-refractivity contribution is 5.75. The zero-order valence-electron chi connectivity index (χ0n) is 14.4. The lowest BCUT2D eigenvalue weighted by Crippen LogP contribution is -2.14. The number of hydrogen-bond donors (Lipinski definition) is 1. The Labute approximate surface area is 142 Å². The van der Waals surface area contributed by atoms with Crippen LogP contribution in [-0.4, -0.2) is 20.7 Å². The second-order valence-corrected chi connectivity index (χ2v) is 6.63. The highest BCUT2D eigenvalue weighted by Gasteiger charge is 2.16. The summed E-state index contributed by atoms with van der Waals surface area (Å²) in [6.07, 6.45) is 7.46. The van der Waals surface area contributed by atoms with E-state index in [1.807, 2.05) is 4.68 Å². The molecule has 0 unspecified atom stereocenters. The van der Waals surface area contributed by atoms with E-state index in [1.54, 1.807) is 0 Å². The monoisotopic (exact) mass is 324 g/mol. The molecule has 1 aromatic carbocycles. The summed E-state index contributed by atoms with van der Waals surface area (Å²) in [5.74, 6) is 0.967. The number of primary amides is 1. The number of aromatic nitrogens is 3. The Morgan fingerprint density at radius 3 is 2.83 bits per heavy atom. The second kappa shape index (κ2) is 6.99. The molecule has 0 bridgehead atoms. The number of hydrogen-bond acceptors (Lipinski definition) is 3. The van der Waals surface area contributed by atoms with Crippen molar-refractivity contribution in [2.24, 2.45) is 5.73 Å². The van der Waals surface area contributed by atoms with Gasteiger partial charge in [-0.15, -0.1) is 0 Å². The van der Waals surface area contributed by atoms with E-state index < -0.39 is 5.91 Å². The standard InChI is InChI=1S/C19H24N4O/c1-13(2)5-3-8-19-21-18(12-17(20)24)22-23(19)16-10-9-14-6-4-7-15(14)11-16/h5,9-11H,3-4,6-8,12H2,1-2H3,(H2,20,24). The quantitative estimate of drug-likeness (QED) is 0.830.